The van der Waals surface area contributed by atoms with Crippen molar-refractivity contribution >= 4 is 11.6 Å². The van der Waals surface area contributed by atoms with Crippen LogP contribution in [0, 0.1) is 5.92 Å². The molecule has 3 heteroatoms. The molecule has 2 rings (SSSR count). The van der Waals surface area contributed by atoms with Crippen LogP contribution in [0.15, 0.2) is 24.3 Å². The van der Waals surface area contributed by atoms with Crippen LogP contribution in [0.5, 0.6) is 5.75 Å². The van der Waals surface area contributed by atoms with Gasteiger partial charge in [0.2, 0.25) is 0 Å². The average molecular weight is 296 g/mol. The molecule has 1 aromatic rings. The van der Waals surface area contributed by atoms with E-state index in [9.17, 15) is 0 Å². The monoisotopic (exact) mass is 295 g/mol. The molecule has 0 aromatic heterocycles. The molecule has 2 unspecified atom stereocenters. The Morgan fingerprint density at radius 3 is 2.70 bits per heavy atom. The number of ether oxygens (including phenoxy) is 1. The van der Waals surface area contributed by atoms with Gasteiger partial charge in [0.1, 0.15) is 5.75 Å². The van der Waals surface area contributed by atoms with Crippen molar-refractivity contribution in [1.82, 2.24) is 5.32 Å². The van der Waals surface area contributed by atoms with Crippen LogP contribution in [0.3, 0.4) is 0 Å². The van der Waals surface area contributed by atoms with Gasteiger partial charge < -0.3 is 10.1 Å². The summed E-state index contributed by atoms with van der Waals surface area (Å²) >= 11 is 6.24. The number of rotatable bonds is 6. The van der Waals surface area contributed by atoms with Crippen molar-refractivity contribution in [3.05, 3.63) is 29.8 Å². The summed E-state index contributed by atoms with van der Waals surface area (Å²) in [7, 11) is 1.70. The van der Waals surface area contributed by atoms with Crippen molar-refractivity contribution in [2.75, 3.05) is 19.5 Å². The summed E-state index contributed by atoms with van der Waals surface area (Å²) in [5, 5.41) is 3.73. The molecule has 2 nitrogen and oxygen atoms in total. The maximum atomic E-state index is 6.24. The summed E-state index contributed by atoms with van der Waals surface area (Å²) < 4.78 is 5.18. The molecule has 0 radical (unpaired) electrons. The molecule has 1 saturated carbocycles. The normalized spacial score (nSPS) is 26.4. The molecule has 0 saturated heterocycles. The highest BCUT2D eigenvalue weighted by atomic mass is 35.5. The van der Waals surface area contributed by atoms with Crippen LogP contribution in [-0.2, 0) is 6.42 Å². The summed E-state index contributed by atoms with van der Waals surface area (Å²) in [5.74, 6) is 2.43. The number of hydrogen-bond acceptors (Lipinski definition) is 2. The van der Waals surface area contributed by atoms with Crippen LogP contribution in [-0.4, -0.2) is 25.1 Å². The summed E-state index contributed by atoms with van der Waals surface area (Å²) in [6.45, 7) is 3.33. The van der Waals surface area contributed by atoms with Crippen LogP contribution in [0.25, 0.3) is 0 Å². The van der Waals surface area contributed by atoms with Crippen LogP contribution in [0.2, 0.25) is 0 Å². The van der Waals surface area contributed by atoms with Gasteiger partial charge in [-0.2, -0.15) is 0 Å². The average Bonchev–Trinajstić information content (AvgIpc) is 2.48. The van der Waals surface area contributed by atoms with Crippen molar-refractivity contribution in [2.24, 2.45) is 5.92 Å². The lowest BCUT2D eigenvalue weighted by Crippen LogP contribution is -2.50. The molecule has 1 fully saturated rings. The highest BCUT2D eigenvalue weighted by molar-refractivity contribution is 6.18. The topological polar surface area (TPSA) is 21.3 Å². The minimum absolute atomic E-state index is 0.158. The lowest BCUT2D eigenvalue weighted by molar-refractivity contribution is 0.210. The third-order valence-electron chi connectivity index (χ3n) is 4.42. The van der Waals surface area contributed by atoms with Gasteiger partial charge in [0.05, 0.1) is 7.11 Å². The zero-order valence-electron chi connectivity index (χ0n) is 12.6. The van der Waals surface area contributed by atoms with E-state index in [-0.39, 0.29) is 5.54 Å². The molecule has 0 aliphatic heterocycles. The third-order valence-corrected chi connectivity index (χ3v) is 4.93. The summed E-state index contributed by atoms with van der Waals surface area (Å²) in [4.78, 5) is 0. The van der Waals surface area contributed by atoms with Gasteiger partial charge in [0, 0.05) is 11.4 Å². The molecule has 2 atom stereocenters. The Hall–Kier alpha value is -0.730. The van der Waals surface area contributed by atoms with E-state index >= 15 is 0 Å². The molecular formula is C17H26ClNO. The molecule has 1 aliphatic rings. The van der Waals surface area contributed by atoms with Gasteiger partial charge in [0.25, 0.3) is 0 Å². The molecule has 1 aromatic carbocycles. The predicted molar refractivity (Wildman–Crippen MR) is 85.8 cm³/mol. The minimum atomic E-state index is 0.158. The van der Waals surface area contributed by atoms with Crippen molar-refractivity contribution < 1.29 is 4.74 Å². The van der Waals surface area contributed by atoms with E-state index in [4.69, 9.17) is 16.3 Å². The summed E-state index contributed by atoms with van der Waals surface area (Å²) in [5.41, 5.74) is 1.50. The van der Waals surface area contributed by atoms with E-state index in [1.54, 1.807) is 7.11 Å². The molecule has 20 heavy (non-hydrogen) atoms. The minimum Gasteiger partial charge on any atom is -0.497 e. The smallest absolute Gasteiger partial charge is 0.118 e. The van der Waals surface area contributed by atoms with E-state index in [0.717, 1.165) is 30.5 Å². The number of methoxy groups -OCH3 is 1. The Kier molecular flexibility index (Phi) is 5.74. The van der Waals surface area contributed by atoms with Gasteiger partial charge in [-0.15, -0.1) is 11.6 Å². The lowest BCUT2D eigenvalue weighted by Gasteiger charge is -2.39. The Morgan fingerprint density at radius 2 is 2.10 bits per heavy atom. The molecule has 0 heterocycles. The van der Waals surface area contributed by atoms with Gasteiger partial charge in [-0.25, -0.2) is 0 Å². The van der Waals surface area contributed by atoms with Gasteiger partial charge >= 0.3 is 0 Å². The predicted octanol–water partition coefficient (Wildman–Crippen LogP) is 4.02. The van der Waals surface area contributed by atoms with E-state index in [1.807, 2.05) is 12.1 Å². The summed E-state index contributed by atoms with van der Waals surface area (Å²) in [6, 6.07) is 8.32. The SMILES string of the molecule is COc1ccc(CCNC2(CCl)CCCC(C)C2)cc1. The number of nitrogens with one attached hydrogen (secondary N) is 1. The van der Waals surface area contributed by atoms with Gasteiger partial charge in [-0.05, 0) is 49.4 Å². The molecule has 0 spiro atoms. The first-order valence-electron chi connectivity index (χ1n) is 7.61. The molecule has 0 bridgehead atoms. The molecule has 1 aliphatic carbocycles. The molecular weight excluding hydrogens is 270 g/mol. The zero-order valence-corrected chi connectivity index (χ0v) is 13.4. The second-order valence-corrected chi connectivity index (χ2v) is 6.41. The van der Waals surface area contributed by atoms with Gasteiger partial charge in [0.15, 0.2) is 0 Å². The first kappa shape index (κ1) is 15.7. The Labute approximate surface area is 127 Å². The van der Waals surface area contributed by atoms with E-state index in [1.165, 1.54) is 31.2 Å². The lowest BCUT2D eigenvalue weighted by atomic mass is 9.77. The standard InChI is InChI=1S/C17H26ClNO/c1-14-4-3-10-17(12-14,13-18)19-11-9-15-5-7-16(20-2)8-6-15/h5-8,14,19H,3-4,9-13H2,1-2H3. The first-order chi connectivity index (χ1) is 9.67. The van der Waals surface area contributed by atoms with Gasteiger partial charge in [-0.3, -0.25) is 0 Å². The van der Waals surface area contributed by atoms with Crippen LogP contribution in [0.4, 0.5) is 0 Å². The fourth-order valence-electron chi connectivity index (χ4n) is 3.25. The number of hydrogen-bond donors (Lipinski definition) is 1. The van der Waals surface area contributed by atoms with Crippen molar-refractivity contribution in [1.29, 1.82) is 0 Å². The fourth-order valence-corrected chi connectivity index (χ4v) is 3.59. The molecule has 112 valence electrons. The van der Waals surface area contributed by atoms with Crippen LogP contribution >= 0.6 is 11.6 Å². The highest BCUT2D eigenvalue weighted by Crippen LogP contribution is 2.33. The van der Waals surface area contributed by atoms with E-state index < -0.39 is 0 Å². The van der Waals surface area contributed by atoms with E-state index in [2.05, 4.69) is 24.4 Å². The molecule has 1 N–H and O–H groups in total. The van der Waals surface area contributed by atoms with Crippen LogP contribution < -0.4 is 10.1 Å². The highest BCUT2D eigenvalue weighted by Gasteiger charge is 2.33. The summed E-state index contributed by atoms with van der Waals surface area (Å²) in [6.07, 6.45) is 6.10. The molecule has 0 amide bonds. The van der Waals surface area contributed by atoms with Crippen molar-refractivity contribution in [3.63, 3.8) is 0 Å². The Morgan fingerprint density at radius 1 is 1.35 bits per heavy atom. The van der Waals surface area contributed by atoms with Crippen molar-refractivity contribution in [3.8, 4) is 5.75 Å². The van der Waals surface area contributed by atoms with Gasteiger partial charge in [-0.1, -0.05) is 31.9 Å². The van der Waals surface area contributed by atoms with Crippen molar-refractivity contribution in [2.45, 2.75) is 44.6 Å². The largest absolute Gasteiger partial charge is 0.497 e. The Bertz CT molecular complexity index is 406. The maximum Gasteiger partial charge on any atom is 0.118 e. The van der Waals surface area contributed by atoms with Crippen LogP contribution in [0.1, 0.15) is 38.2 Å². The third kappa shape index (κ3) is 4.13. The zero-order chi connectivity index (χ0) is 14.4. The number of alkyl halides is 1. The van der Waals surface area contributed by atoms with E-state index in [0.29, 0.717) is 0 Å². The second kappa shape index (κ2) is 7.33. The Balaban J connectivity index is 1.83. The fraction of sp³-hybridized carbons (Fsp3) is 0.647. The second-order valence-electron chi connectivity index (χ2n) is 6.14. The quantitative estimate of drug-likeness (QED) is 0.801. The number of halogens is 1. The number of benzene rings is 1. The maximum absolute atomic E-state index is 6.24. The first-order valence-corrected chi connectivity index (χ1v) is 8.15.